The summed E-state index contributed by atoms with van der Waals surface area (Å²) < 4.78 is 55.4. The maximum absolute atomic E-state index is 12.8. The molecule has 0 aliphatic heterocycles. The minimum atomic E-state index is -3.39. The van der Waals surface area contributed by atoms with Crippen molar-refractivity contribution in [2.45, 2.75) is 12.3 Å². The summed E-state index contributed by atoms with van der Waals surface area (Å²) in [6.07, 6.45) is 0.915. The van der Waals surface area contributed by atoms with E-state index in [1.54, 1.807) is 6.07 Å². The summed E-state index contributed by atoms with van der Waals surface area (Å²) >= 11 is 0. The SMILES string of the molecule is COc1ccc(NS(C)(=O)=O)cc1NCC1CC1(F)F. The minimum absolute atomic E-state index is 0.117. The number of rotatable bonds is 6. The second-order valence-corrected chi connectivity index (χ2v) is 6.58. The van der Waals surface area contributed by atoms with Gasteiger partial charge in [0.05, 0.1) is 24.7 Å². The number of hydrogen-bond acceptors (Lipinski definition) is 4. The van der Waals surface area contributed by atoms with Crippen LogP contribution < -0.4 is 14.8 Å². The Bertz CT molecular complexity index is 605. The monoisotopic (exact) mass is 306 g/mol. The van der Waals surface area contributed by atoms with Crippen LogP contribution in [0, 0.1) is 5.92 Å². The molecule has 5 nitrogen and oxygen atoms in total. The predicted octanol–water partition coefficient (Wildman–Crippen LogP) is 2.13. The zero-order valence-corrected chi connectivity index (χ0v) is 11.9. The Kier molecular flexibility index (Phi) is 3.77. The van der Waals surface area contributed by atoms with Crippen molar-refractivity contribution in [3.63, 3.8) is 0 Å². The Morgan fingerprint density at radius 1 is 1.45 bits per heavy atom. The molecule has 0 heterocycles. The zero-order valence-electron chi connectivity index (χ0n) is 11.1. The highest BCUT2D eigenvalue weighted by Gasteiger charge is 2.56. The lowest BCUT2D eigenvalue weighted by molar-refractivity contribution is 0.101. The van der Waals surface area contributed by atoms with Gasteiger partial charge in [-0.3, -0.25) is 4.72 Å². The molecule has 8 heteroatoms. The molecule has 20 heavy (non-hydrogen) atoms. The lowest BCUT2D eigenvalue weighted by Crippen LogP contribution is -2.12. The van der Waals surface area contributed by atoms with Crippen LogP contribution in [0.15, 0.2) is 18.2 Å². The van der Waals surface area contributed by atoms with Gasteiger partial charge in [0.1, 0.15) is 5.75 Å². The van der Waals surface area contributed by atoms with E-state index < -0.39 is 21.9 Å². The van der Waals surface area contributed by atoms with Gasteiger partial charge in [-0.2, -0.15) is 0 Å². The first kappa shape index (κ1) is 14.8. The zero-order chi connectivity index (χ0) is 15.0. The number of halogens is 2. The molecule has 1 aliphatic rings. The first-order chi connectivity index (χ1) is 9.21. The highest BCUT2D eigenvalue weighted by Crippen LogP contribution is 2.48. The van der Waals surface area contributed by atoms with Gasteiger partial charge in [0.25, 0.3) is 5.92 Å². The van der Waals surface area contributed by atoms with Crippen LogP contribution in [-0.2, 0) is 10.0 Å². The topological polar surface area (TPSA) is 67.4 Å². The predicted molar refractivity (Wildman–Crippen MR) is 73.0 cm³/mol. The number of anilines is 2. The summed E-state index contributed by atoms with van der Waals surface area (Å²) in [6.45, 7) is 0.117. The number of alkyl halides is 2. The van der Waals surface area contributed by atoms with Gasteiger partial charge < -0.3 is 10.1 Å². The molecule has 2 rings (SSSR count). The molecule has 0 saturated heterocycles. The highest BCUT2D eigenvalue weighted by molar-refractivity contribution is 7.92. The van der Waals surface area contributed by atoms with Gasteiger partial charge in [-0.25, -0.2) is 17.2 Å². The summed E-state index contributed by atoms with van der Waals surface area (Å²) in [7, 11) is -1.94. The number of benzene rings is 1. The normalized spacial score (nSPS) is 20.3. The largest absolute Gasteiger partial charge is 0.495 e. The molecule has 0 amide bonds. The molecular weight excluding hydrogens is 290 g/mol. The quantitative estimate of drug-likeness (QED) is 0.845. The Morgan fingerprint density at radius 2 is 2.10 bits per heavy atom. The van der Waals surface area contributed by atoms with Crippen LogP contribution in [0.2, 0.25) is 0 Å². The third kappa shape index (κ3) is 3.72. The van der Waals surface area contributed by atoms with Crippen molar-refractivity contribution >= 4 is 21.4 Å². The van der Waals surface area contributed by atoms with Gasteiger partial charge >= 0.3 is 0 Å². The molecular formula is C12H16F2N2O3S. The maximum Gasteiger partial charge on any atom is 0.253 e. The van der Waals surface area contributed by atoms with Crippen molar-refractivity contribution < 1.29 is 21.9 Å². The van der Waals surface area contributed by atoms with E-state index in [0.29, 0.717) is 17.1 Å². The van der Waals surface area contributed by atoms with E-state index in [2.05, 4.69) is 10.0 Å². The van der Waals surface area contributed by atoms with E-state index >= 15 is 0 Å². The van der Waals surface area contributed by atoms with Crippen LogP contribution in [-0.4, -0.2) is 34.3 Å². The fraction of sp³-hybridized carbons (Fsp3) is 0.500. The van der Waals surface area contributed by atoms with Gasteiger partial charge in [0.15, 0.2) is 0 Å². The van der Waals surface area contributed by atoms with E-state index in [4.69, 9.17) is 4.74 Å². The minimum Gasteiger partial charge on any atom is -0.495 e. The molecule has 1 unspecified atom stereocenters. The molecule has 1 aliphatic carbocycles. The van der Waals surface area contributed by atoms with Gasteiger partial charge in [0.2, 0.25) is 10.0 Å². The van der Waals surface area contributed by atoms with E-state index in [1.165, 1.54) is 19.2 Å². The first-order valence-electron chi connectivity index (χ1n) is 5.99. The van der Waals surface area contributed by atoms with Crippen molar-refractivity contribution in [2.24, 2.45) is 5.92 Å². The molecule has 112 valence electrons. The molecule has 0 aromatic heterocycles. The highest BCUT2D eigenvalue weighted by atomic mass is 32.2. The summed E-state index contributed by atoms with van der Waals surface area (Å²) in [4.78, 5) is 0. The smallest absolute Gasteiger partial charge is 0.253 e. The lowest BCUT2D eigenvalue weighted by atomic mass is 10.2. The standard InChI is InChI=1S/C12H16F2N2O3S/c1-19-11-4-3-9(16-20(2,17)18)5-10(11)15-7-8-6-12(8,13)14/h3-5,8,15-16H,6-7H2,1-2H3. The summed E-state index contributed by atoms with van der Waals surface area (Å²) in [6, 6.07) is 4.62. The molecule has 1 saturated carbocycles. The van der Waals surface area contributed by atoms with Gasteiger partial charge in [-0.15, -0.1) is 0 Å². The van der Waals surface area contributed by atoms with Crippen LogP contribution in [0.25, 0.3) is 0 Å². The lowest BCUT2D eigenvalue weighted by Gasteiger charge is -2.13. The fourth-order valence-corrected chi connectivity index (χ4v) is 2.40. The Hall–Kier alpha value is -1.57. The summed E-state index contributed by atoms with van der Waals surface area (Å²) in [5.41, 5.74) is 0.821. The average Bonchev–Trinajstić information content (AvgIpc) is 2.92. The second kappa shape index (κ2) is 5.08. The molecule has 1 fully saturated rings. The van der Waals surface area contributed by atoms with Gasteiger partial charge in [0, 0.05) is 18.9 Å². The van der Waals surface area contributed by atoms with E-state index in [0.717, 1.165) is 6.26 Å². The number of nitrogens with one attached hydrogen (secondary N) is 2. The summed E-state index contributed by atoms with van der Waals surface area (Å²) in [5, 5.41) is 2.87. The molecule has 0 radical (unpaired) electrons. The number of hydrogen-bond donors (Lipinski definition) is 2. The van der Waals surface area contributed by atoms with Crippen molar-refractivity contribution in [3.8, 4) is 5.75 Å². The van der Waals surface area contributed by atoms with Crippen LogP contribution in [0.4, 0.5) is 20.2 Å². The van der Waals surface area contributed by atoms with Crippen LogP contribution in [0.1, 0.15) is 6.42 Å². The Morgan fingerprint density at radius 3 is 2.60 bits per heavy atom. The van der Waals surface area contributed by atoms with Gasteiger partial charge in [-0.1, -0.05) is 0 Å². The van der Waals surface area contributed by atoms with Crippen molar-refractivity contribution in [1.29, 1.82) is 0 Å². The Balaban J connectivity index is 2.10. The molecule has 1 aromatic carbocycles. The summed E-state index contributed by atoms with van der Waals surface area (Å²) in [5.74, 6) is -2.81. The first-order valence-corrected chi connectivity index (χ1v) is 7.88. The molecule has 2 N–H and O–H groups in total. The molecule has 0 bridgehead atoms. The van der Waals surface area contributed by atoms with E-state index in [-0.39, 0.29) is 13.0 Å². The third-order valence-corrected chi connectivity index (χ3v) is 3.60. The van der Waals surface area contributed by atoms with Crippen LogP contribution in [0.3, 0.4) is 0 Å². The van der Waals surface area contributed by atoms with Crippen molar-refractivity contribution in [2.75, 3.05) is 29.9 Å². The number of methoxy groups -OCH3 is 1. The molecule has 1 aromatic rings. The number of ether oxygens (including phenoxy) is 1. The average molecular weight is 306 g/mol. The molecule has 0 spiro atoms. The maximum atomic E-state index is 12.8. The third-order valence-electron chi connectivity index (χ3n) is 3.00. The molecule has 1 atom stereocenters. The Labute approximate surface area is 116 Å². The van der Waals surface area contributed by atoms with Crippen LogP contribution >= 0.6 is 0 Å². The van der Waals surface area contributed by atoms with E-state index in [9.17, 15) is 17.2 Å². The van der Waals surface area contributed by atoms with E-state index in [1.807, 2.05) is 0 Å². The van der Waals surface area contributed by atoms with Crippen molar-refractivity contribution in [1.82, 2.24) is 0 Å². The number of sulfonamides is 1. The fourth-order valence-electron chi connectivity index (χ4n) is 1.85. The second-order valence-electron chi connectivity index (χ2n) is 4.83. The van der Waals surface area contributed by atoms with Crippen LogP contribution in [0.5, 0.6) is 5.75 Å². The van der Waals surface area contributed by atoms with Gasteiger partial charge in [-0.05, 0) is 18.2 Å². The van der Waals surface area contributed by atoms with Crippen molar-refractivity contribution in [3.05, 3.63) is 18.2 Å².